The molecule has 1 aliphatic rings. The summed E-state index contributed by atoms with van der Waals surface area (Å²) in [5.74, 6) is 0.229. The van der Waals surface area contributed by atoms with Crippen LogP contribution in [-0.4, -0.2) is 57.0 Å². The van der Waals surface area contributed by atoms with E-state index < -0.39 is 9.84 Å². The molecule has 112 valence electrons. The highest BCUT2D eigenvalue weighted by atomic mass is 32.2. The molecule has 0 spiro atoms. The van der Waals surface area contributed by atoms with Gasteiger partial charge in [-0.3, -0.25) is 4.79 Å². The molecule has 1 atom stereocenters. The van der Waals surface area contributed by atoms with Gasteiger partial charge in [-0.2, -0.15) is 0 Å². The molecule has 0 bridgehead atoms. The first kappa shape index (κ1) is 15.5. The highest BCUT2D eigenvalue weighted by Gasteiger charge is 2.34. The summed E-state index contributed by atoms with van der Waals surface area (Å²) in [6.07, 6.45) is 0.861. The van der Waals surface area contributed by atoms with Gasteiger partial charge in [-0.15, -0.1) is 11.3 Å². The fourth-order valence-electron chi connectivity index (χ4n) is 2.39. The normalized spacial score (nSPS) is 20.9. The third kappa shape index (κ3) is 4.04. The Hall–Kier alpha value is -0.920. The second-order valence-electron chi connectivity index (χ2n) is 4.89. The molecule has 2 rings (SSSR count). The number of thiophene rings is 1. The molecular weight excluding hydrogens is 298 g/mol. The molecule has 5 nitrogen and oxygen atoms in total. The molecule has 2 heterocycles. The highest BCUT2D eigenvalue weighted by Crippen LogP contribution is 2.19. The van der Waals surface area contributed by atoms with E-state index in [1.807, 2.05) is 17.5 Å². The van der Waals surface area contributed by atoms with E-state index in [0.717, 1.165) is 4.88 Å². The summed E-state index contributed by atoms with van der Waals surface area (Å²) in [4.78, 5) is 15.1. The quantitative estimate of drug-likeness (QED) is 0.784. The second-order valence-corrected chi connectivity index (χ2v) is 8.15. The van der Waals surface area contributed by atoms with E-state index in [-0.39, 0.29) is 23.5 Å². The summed E-state index contributed by atoms with van der Waals surface area (Å²) in [5.41, 5.74) is 0. The van der Waals surface area contributed by atoms with Gasteiger partial charge in [-0.25, -0.2) is 8.42 Å². The van der Waals surface area contributed by atoms with Gasteiger partial charge in [0.2, 0.25) is 5.91 Å². The van der Waals surface area contributed by atoms with E-state index in [9.17, 15) is 13.2 Å². The number of hydrogen-bond donors (Lipinski definition) is 0. The fourth-order valence-corrected chi connectivity index (χ4v) is 4.81. The zero-order valence-corrected chi connectivity index (χ0v) is 13.1. The molecular formula is C13H19NO4S2. The summed E-state index contributed by atoms with van der Waals surface area (Å²) < 4.78 is 28.2. The van der Waals surface area contributed by atoms with Crippen molar-refractivity contribution in [3.63, 3.8) is 0 Å². The molecule has 1 aromatic heterocycles. The third-order valence-electron chi connectivity index (χ3n) is 3.41. The van der Waals surface area contributed by atoms with Gasteiger partial charge in [0.15, 0.2) is 9.84 Å². The van der Waals surface area contributed by atoms with Crippen LogP contribution in [0.1, 0.15) is 11.3 Å². The lowest BCUT2D eigenvalue weighted by molar-refractivity contribution is -0.133. The van der Waals surface area contributed by atoms with E-state index >= 15 is 0 Å². The van der Waals surface area contributed by atoms with Crippen LogP contribution in [0.5, 0.6) is 0 Å². The SMILES string of the molecule is COCCN(C(=O)Cc1cccs1)C1CCS(=O)(=O)C1. The van der Waals surface area contributed by atoms with Crippen LogP contribution >= 0.6 is 11.3 Å². The molecule has 1 saturated heterocycles. The molecule has 1 aromatic rings. The summed E-state index contributed by atoms with van der Waals surface area (Å²) in [5, 5.41) is 1.93. The highest BCUT2D eigenvalue weighted by molar-refractivity contribution is 7.91. The van der Waals surface area contributed by atoms with Crippen molar-refractivity contribution < 1.29 is 17.9 Å². The van der Waals surface area contributed by atoms with Crippen LogP contribution in [0.4, 0.5) is 0 Å². The molecule has 7 heteroatoms. The maximum Gasteiger partial charge on any atom is 0.228 e. The Morgan fingerprint density at radius 1 is 1.55 bits per heavy atom. The maximum absolute atomic E-state index is 12.4. The van der Waals surface area contributed by atoms with Crippen molar-refractivity contribution in [1.29, 1.82) is 0 Å². The number of ether oxygens (including phenoxy) is 1. The monoisotopic (exact) mass is 317 g/mol. The van der Waals surface area contributed by atoms with Gasteiger partial charge < -0.3 is 9.64 Å². The van der Waals surface area contributed by atoms with Crippen molar-refractivity contribution in [3.05, 3.63) is 22.4 Å². The Morgan fingerprint density at radius 2 is 2.35 bits per heavy atom. The molecule has 20 heavy (non-hydrogen) atoms. The topological polar surface area (TPSA) is 63.7 Å². The van der Waals surface area contributed by atoms with Gasteiger partial charge >= 0.3 is 0 Å². The van der Waals surface area contributed by atoms with Crippen LogP contribution in [0.25, 0.3) is 0 Å². The van der Waals surface area contributed by atoms with Crippen LogP contribution in [0.2, 0.25) is 0 Å². The van der Waals surface area contributed by atoms with Gasteiger partial charge in [-0.05, 0) is 17.9 Å². The number of carbonyl (C=O) groups excluding carboxylic acids is 1. The van der Waals surface area contributed by atoms with Crippen molar-refractivity contribution in [2.75, 3.05) is 31.8 Å². The minimum Gasteiger partial charge on any atom is -0.383 e. The van der Waals surface area contributed by atoms with Crippen LogP contribution in [0.3, 0.4) is 0 Å². The lowest BCUT2D eigenvalue weighted by atomic mass is 10.2. The van der Waals surface area contributed by atoms with Gasteiger partial charge in [0.25, 0.3) is 0 Å². The Morgan fingerprint density at radius 3 is 2.90 bits per heavy atom. The smallest absolute Gasteiger partial charge is 0.228 e. The first-order valence-electron chi connectivity index (χ1n) is 6.53. The lowest BCUT2D eigenvalue weighted by Gasteiger charge is -2.28. The summed E-state index contributed by atoms with van der Waals surface area (Å²) in [7, 11) is -1.42. The minimum atomic E-state index is -2.99. The molecule has 0 saturated carbocycles. The number of rotatable bonds is 6. The molecule has 1 amide bonds. The predicted octanol–water partition coefficient (Wildman–Crippen LogP) is 0.953. The number of nitrogens with zero attached hydrogens (tertiary/aromatic N) is 1. The van der Waals surface area contributed by atoms with Crippen molar-refractivity contribution in [1.82, 2.24) is 4.90 Å². The molecule has 0 aliphatic carbocycles. The van der Waals surface area contributed by atoms with Crippen molar-refractivity contribution in [2.24, 2.45) is 0 Å². The largest absolute Gasteiger partial charge is 0.383 e. The molecule has 0 aromatic carbocycles. The Bertz CT molecular complexity index is 539. The minimum absolute atomic E-state index is 0.0217. The predicted molar refractivity (Wildman–Crippen MR) is 78.7 cm³/mol. The van der Waals surface area contributed by atoms with Gasteiger partial charge in [0.05, 0.1) is 24.5 Å². The second kappa shape index (κ2) is 6.69. The zero-order chi connectivity index (χ0) is 14.6. The number of sulfone groups is 1. The maximum atomic E-state index is 12.4. The van der Waals surface area contributed by atoms with E-state index in [1.165, 1.54) is 11.3 Å². The van der Waals surface area contributed by atoms with Crippen LogP contribution < -0.4 is 0 Å². The van der Waals surface area contributed by atoms with Gasteiger partial charge in [0.1, 0.15) is 0 Å². The molecule has 1 fully saturated rings. The van der Waals surface area contributed by atoms with Gasteiger partial charge in [0, 0.05) is 24.6 Å². The molecule has 1 aliphatic heterocycles. The number of hydrogen-bond acceptors (Lipinski definition) is 5. The van der Waals surface area contributed by atoms with Crippen LogP contribution in [0, 0.1) is 0 Å². The van der Waals surface area contributed by atoms with E-state index in [0.29, 0.717) is 26.0 Å². The van der Waals surface area contributed by atoms with E-state index in [2.05, 4.69) is 0 Å². The summed E-state index contributed by atoms with van der Waals surface area (Å²) in [6.45, 7) is 0.869. The first-order chi connectivity index (χ1) is 9.52. The Kier molecular flexibility index (Phi) is 5.17. The van der Waals surface area contributed by atoms with Gasteiger partial charge in [-0.1, -0.05) is 6.07 Å². The standard InChI is InChI=1S/C13H19NO4S2/c1-18-6-5-14(11-4-8-20(16,17)10-11)13(15)9-12-3-2-7-19-12/h2-3,7,11H,4-6,8-10H2,1H3. The molecule has 0 radical (unpaired) electrons. The van der Waals surface area contributed by atoms with Crippen LogP contribution in [-0.2, 0) is 25.8 Å². The van der Waals surface area contributed by atoms with Crippen molar-refractivity contribution >= 4 is 27.1 Å². The molecule has 1 unspecified atom stereocenters. The number of carbonyl (C=O) groups is 1. The van der Waals surface area contributed by atoms with E-state index in [1.54, 1.807) is 12.0 Å². The lowest BCUT2D eigenvalue weighted by Crippen LogP contribution is -2.43. The first-order valence-corrected chi connectivity index (χ1v) is 9.23. The van der Waals surface area contributed by atoms with Crippen LogP contribution in [0.15, 0.2) is 17.5 Å². The van der Waals surface area contributed by atoms with Crippen molar-refractivity contribution in [2.45, 2.75) is 18.9 Å². The van der Waals surface area contributed by atoms with E-state index in [4.69, 9.17) is 4.74 Å². The Labute approximate surface area is 123 Å². The number of amides is 1. The zero-order valence-electron chi connectivity index (χ0n) is 11.4. The fraction of sp³-hybridized carbons (Fsp3) is 0.615. The number of methoxy groups -OCH3 is 1. The Balaban J connectivity index is 2.04. The van der Waals surface area contributed by atoms with Crippen molar-refractivity contribution in [3.8, 4) is 0 Å². The summed E-state index contributed by atoms with van der Waals surface area (Å²) >= 11 is 1.54. The average molecular weight is 317 g/mol. The summed E-state index contributed by atoms with van der Waals surface area (Å²) in [6, 6.07) is 3.62. The average Bonchev–Trinajstić information content (AvgIpc) is 3.00. The third-order valence-corrected chi connectivity index (χ3v) is 6.04. The molecule has 0 N–H and O–H groups in total.